The van der Waals surface area contributed by atoms with Crippen molar-refractivity contribution in [2.75, 3.05) is 39.8 Å². The zero-order valence-electron chi connectivity index (χ0n) is 16.8. The smallest absolute Gasteiger partial charge is 0.344 e. The lowest BCUT2D eigenvalue weighted by atomic mass is 9.92. The number of carbonyl (C=O) groups excluding carboxylic acids is 3. The van der Waals surface area contributed by atoms with Crippen molar-refractivity contribution in [3.05, 3.63) is 29.8 Å². The third-order valence-electron chi connectivity index (χ3n) is 5.91. The molecule has 2 heterocycles. The fraction of sp³-hybridized carbons (Fsp3) is 0.550. The normalized spacial score (nSPS) is 25.8. The van der Waals surface area contributed by atoms with Crippen LogP contribution in [0.25, 0.3) is 0 Å². The third kappa shape index (κ3) is 3.92. The van der Waals surface area contributed by atoms with Gasteiger partial charge in [0, 0.05) is 32.2 Å². The molecule has 156 valence electrons. The number of methoxy groups -OCH3 is 1. The number of urea groups is 1. The van der Waals surface area contributed by atoms with Crippen LogP contribution in [-0.4, -0.2) is 78.5 Å². The number of nitrogens with one attached hydrogen (secondary N) is 2. The molecule has 2 N–H and O–H groups in total. The predicted octanol–water partition coefficient (Wildman–Crippen LogP) is 0.273. The van der Waals surface area contributed by atoms with E-state index in [2.05, 4.69) is 15.6 Å². The number of benzene rings is 1. The summed E-state index contributed by atoms with van der Waals surface area (Å²) in [5, 5.41) is 3.46. The summed E-state index contributed by atoms with van der Waals surface area (Å²) in [5.74, 6) is -0.315. The van der Waals surface area contributed by atoms with Gasteiger partial charge >= 0.3 is 6.03 Å². The van der Waals surface area contributed by atoms with Crippen LogP contribution in [0.15, 0.2) is 24.3 Å². The molecular weight excluding hydrogens is 374 g/mol. The van der Waals surface area contributed by atoms with Gasteiger partial charge in [0.05, 0.1) is 13.7 Å². The van der Waals surface area contributed by atoms with Crippen LogP contribution in [0.5, 0.6) is 5.75 Å². The molecule has 4 amide bonds. The van der Waals surface area contributed by atoms with Gasteiger partial charge in [-0.25, -0.2) is 4.79 Å². The molecule has 1 aromatic rings. The number of hydrazine groups is 1. The number of carbonyl (C=O) groups is 3. The highest BCUT2D eigenvalue weighted by Crippen LogP contribution is 2.30. The van der Waals surface area contributed by atoms with Gasteiger partial charge in [0.15, 0.2) is 0 Å². The Labute approximate surface area is 169 Å². The van der Waals surface area contributed by atoms with E-state index < -0.39 is 17.5 Å². The monoisotopic (exact) mass is 401 g/mol. The van der Waals surface area contributed by atoms with Gasteiger partial charge in [-0.05, 0) is 37.5 Å². The van der Waals surface area contributed by atoms with Crippen LogP contribution in [0.4, 0.5) is 4.79 Å². The Bertz CT molecular complexity index is 819. The quantitative estimate of drug-likeness (QED) is 0.665. The molecule has 4 rings (SSSR count). The van der Waals surface area contributed by atoms with Crippen molar-refractivity contribution < 1.29 is 19.1 Å². The average molecular weight is 401 g/mol. The summed E-state index contributed by atoms with van der Waals surface area (Å²) in [6.45, 7) is 5.30. The van der Waals surface area contributed by atoms with Crippen LogP contribution in [0.3, 0.4) is 0 Å². The molecule has 3 fully saturated rings. The number of imide groups is 1. The summed E-state index contributed by atoms with van der Waals surface area (Å²) in [4.78, 5) is 42.4. The minimum Gasteiger partial charge on any atom is -0.497 e. The molecule has 1 aromatic carbocycles. The van der Waals surface area contributed by atoms with Gasteiger partial charge in [-0.3, -0.25) is 24.8 Å². The highest BCUT2D eigenvalue weighted by molar-refractivity contribution is 6.08. The molecule has 0 spiro atoms. The molecule has 9 heteroatoms. The van der Waals surface area contributed by atoms with Crippen molar-refractivity contribution >= 4 is 17.8 Å². The first-order valence-corrected chi connectivity index (χ1v) is 9.98. The Hall–Kier alpha value is -2.65. The van der Waals surface area contributed by atoms with Crippen LogP contribution >= 0.6 is 0 Å². The van der Waals surface area contributed by atoms with E-state index in [1.807, 2.05) is 4.90 Å². The standard InChI is InChI=1S/C20H27N5O4/c1-20(14-4-3-5-16(12-14)29-2)18(27)25(19(28)21-20)22-17(26)13-23-8-10-24(11-9-23)15-6-7-15/h3-5,12,15H,6-11,13H2,1-2H3,(H,21,28)(H,22,26). The number of hydrogen-bond acceptors (Lipinski definition) is 6. The Balaban J connectivity index is 1.36. The minimum atomic E-state index is -1.27. The second-order valence-corrected chi connectivity index (χ2v) is 8.01. The maximum absolute atomic E-state index is 13.0. The maximum Gasteiger partial charge on any atom is 0.344 e. The van der Waals surface area contributed by atoms with Crippen LogP contribution in [0.2, 0.25) is 0 Å². The molecule has 0 radical (unpaired) electrons. The average Bonchev–Trinajstić information content (AvgIpc) is 3.54. The molecule has 0 bridgehead atoms. The molecule has 1 unspecified atom stereocenters. The molecule has 1 aliphatic carbocycles. The summed E-state index contributed by atoms with van der Waals surface area (Å²) in [6, 6.07) is 7.03. The topological polar surface area (TPSA) is 94.2 Å². The number of hydrogen-bond donors (Lipinski definition) is 2. The van der Waals surface area contributed by atoms with Gasteiger partial charge in [0.1, 0.15) is 11.3 Å². The van der Waals surface area contributed by atoms with Gasteiger partial charge in [0.25, 0.3) is 11.8 Å². The third-order valence-corrected chi connectivity index (χ3v) is 5.91. The fourth-order valence-electron chi connectivity index (χ4n) is 3.96. The highest BCUT2D eigenvalue weighted by Gasteiger charge is 2.50. The first-order chi connectivity index (χ1) is 13.9. The lowest BCUT2D eigenvalue weighted by molar-refractivity contribution is -0.139. The highest BCUT2D eigenvalue weighted by atomic mass is 16.5. The summed E-state index contributed by atoms with van der Waals surface area (Å²) in [7, 11) is 1.54. The second-order valence-electron chi connectivity index (χ2n) is 8.01. The van der Waals surface area contributed by atoms with E-state index in [0.29, 0.717) is 11.3 Å². The zero-order valence-corrected chi connectivity index (χ0v) is 16.8. The van der Waals surface area contributed by atoms with Crippen LogP contribution in [-0.2, 0) is 15.1 Å². The summed E-state index contributed by atoms with van der Waals surface area (Å²) >= 11 is 0. The Kier molecular flexibility index (Phi) is 5.18. The van der Waals surface area contributed by atoms with Crippen molar-refractivity contribution in [1.82, 2.24) is 25.6 Å². The number of piperazine rings is 1. The first-order valence-electron chi connectivity index (χ1n) is 9.98. The van der Waals surface area contributed by atoms with Crippen molar-refractivity contribution in [2.45, 2.75) is 31.3 Å². The summed E-state index contributed by atoms with van der Waals surface area (Å²) in [6.07, 6.45) is 2.55. The van der Waals surface area contributed by atoms with Gasteiger partial charge in [0.2, 0.25) is 0 Å². The van der Waals surface area contributed by atoms with Gasteiger partial charge in [-0.2, -0.15) is 5.01 Å². The van der Waals surface area contributed by atoms with E-state index >= 15 is 0 Å². The fourth-order valence-corrected chi connectivity index (χ4v) is 3.96. The second kappa shape index (κ2) is 7.64. The number of amides is 4. The zero-order chi connectivity index (χ0) is 20.6. The van der Waals surface area contributed by atoms with Gasteiger partial charge < -0.3 is 10.1 Å². The van der Waals surface area contributed by atoms with E-state index in [9.17, 15) is 14.4 Å². The van der Waals surface area contributed by atoms with Crippen molar-refractivity contribution in [3.63, 3.8) is 0 Å². The largest absolute Gasteiger partial charge is 0.497 e. The molecule has 2 saturated heterocycles. The lowest BCUT2D eigenvalue weighted by Gasteiger charge is -2.34. The molecule has 9 nitrogen and oxygen atoms in total. The lowest BCUT2D eigenvalue weighted by Crippen LogP contribution is -2.53. The van der Waals surface area contributed by atoms with Gasteiger partial charge in [-0.15, -0.1) is 0 Å². The number of ether oxygens (including phenoxy) is 1. The van der Waals surface area contributed by atoms with E-state index in [1.165, 1.54) is 20.0 Å². The molecular formula is C20H27N5O4. The van der Waals surface area contributed by atoms with Crippen molar-refractivity contribution in [1.29, 1.82) is 0 Å². The Morgan fingerprint density at radius 2 is 1.97 bits per heavy atom. The Morgan fingerprint density at radius 3 is 2.62 bits per heavy atom. The molecule has 1 atom stereocenters. The van der Waals surface area contributed by atoms with E-state index in [-0.39, 0.29) is 12.5 Å². The summed E-state index contributed by atoms with van der Waals surface area (Å²) in [5.41, 5.74) is 1.79. The number of nitrogens with zero attached hydrogens (tertiary/aromatic N) is 3. The summed E-state index contributed by atoms with van der Waals surface area (Å²) < 4.78 is 5.21. The van der Waals surface area contributed by atoms with Crippen LogP contribution in [0, 0.1) is 0 Å². The number of rotatable bonds is 6. The van der Waals surface area contributed by atoms with E-state index in [0.717, 1.165) is 37.2 Å². The molecule has 29 heavy (non-hydrogen) atoms. The molecule has 1 saturated carbocycles. The predicted molar refractivity (Wildman–Crippen MR) is 105 cm³/mol. The Morgan fingerprint density at radius 1 is 1.24 bits per heavy atom. The van der Waals surface area contributed by atoms with Crippen LogP contribution in [0.1, 0.15) is 25.3 Å². The molecule has 2 aliphatic heterocycles. The van der Waals surface area contributed by atoms with E-state index in [1.54, 1.807) is 31.2 Å². The SMILES string of the molecule is COc1cccc(C2(C)NC(=O)N(NC(=O)CN3CCN(C4CC4)CC3)C2=O)c1. The molecule has 3 aliphatic rings. The first kappa shape index (κ1) is 19.7. The minimum absolute atomic E-state index is 0.158. The van der Waals surface area contributed by atoms with Crippen molar-refractivity contribution in [3.8, 4) is 5.75 Å². The maximum atomic E-state index is 13.0. The van der Waals surface area contributed by atoms with Crippen LogP contribution < -0.4 is 15.5 Å². The van der Waals surface area contributed by atoms with E-state index in [4.69, 9.17) is 4.74 Å². The van der Waals surface area contributed by atoms with Crippen molar-refractivity contribution in [2.24, 2.45) is 0 Å². The molecule has 0 aromatic heterocycles. The van der Waals surface area contributed by atoms with Gasteiger partial charge in [-0.1, -0.05) is 12.1 Å².